The zero-order valence-corrected chi connectivity index (χ0v) is 16.8. The smallest absolute Gasteiger partial charge is 0.306 e. The van der Waals surface area contributed by atoms with Gasteiger partial charge in [-0.2, -0.15) is 0 Å². The van der Waals surface area contributed by atoms with E-state index >= 15 is 0 Å². The summed E-state index contributed by atoms with van der Waals surface area (Å²) in [6.45, 7) is 4.69. The third-order valence-corrected chi connectivity index (χ3v) is 10.8. The molecule has 4 heteroatoms. The maximum atomic E-state index is 12.2. The van der Waals surface area contributed by atoms with Crippen LogP contribution in [0.25, 0.3) is 0 Å². The van der Waals surface area contributed by atoms with Crippen LogP contribution in [0.5, 0.6) is 0 Å². The Morgan fingerprint density at radius 1 is 1.07 bits per heavy atom. The van der Waals surface area contributed by atoms with Crippen LogP contribution in [0.4, 0.5) is 0 Å². The summed E-state index contributed by atoms with van der Waals surface area (Å²) in [5.41, 5.74) is 0.950. The summed E-state index contributed by atoms with van der Waals surface area (Å²) in [7, 11) is 0. The number of carbonyl (C=O) groups is 2. The van der Waals surface area contributed by atoms with Crippen molar-refractivity contribution in [1.82, 2.24) is 0 Å². The van der Waals surface area contributed by atoms with Gasteiger partial charge in [0.1, 0.15) is 5.60 Å². The van der Waals surface area contributed by atoms with E-state index in [9.17, 15) is 14.7 Å². The van der Waals surface area contributed by atoms with Gasteiger partial charge in [0.05, 0.1) is 6.10 Å². The fraction of sp³-hybridized carbons (Fsp3) is 0.833. The minimum atomic E-state index is -0.358. The van der Waals surface area contributed by atoms with E-state index in [1.54, 1.807) is 0 Å². The van der Waals surface area contributed by atoms with Gasteiger partial charge in [0.2, 0.25) is 0 Å². The number of carbonyl (C=O) groups excluding carboxylic acids is 2. The van der Waals surface area contributed by atoms with Crippen molar-refractivity contribution < 1.29 is 19.4 Å². The van der Waals surface area contributed by atoms with Crippen molar-refractivity contribution in [2.75, 3.05) is 0 Å². The molecule has 11 atom stereocenters. The normalized spacial score (nSPS) is 62.9. The number of rotatable bonds is 0. The molecule has 0 aromatic heterocycles. The second kappa shape index (κ2) is 4.61. The summed E-state index contributed by atoms with van der Waals surface area (Å²) < 4.78 is 6.15. The number of fused-ring (bicyclic) bond motifs is 12. The van der Waals surface area contributed by atoms with E-state index < -0.39 is 0 Å². The van der Waals surface area contributed by atoms with E-state index in [4.69, 9.17) is 4.74 Å². The summed E-state index contributed by atoms with van der Waals surface area (Å²) in [5, 5.41) is 11.6. The number of aliphatic hydroxyl groups is 1. The van der Waals surface area contributed by atoms with Crippen molar-refractivity contribution in [2.24, 2.45) is 52.3 Å². The van der Waals surface area contributed by atoms with Crippen LogP contribution in [-0.2, 0) is 14.3 Å². The molecule has 5 saturated carbocycles. The number of hydrogen-bond donors (Lipinski definition) is 1. The van der Waals surface area contributed by atoms with Crippen LogP contribution in [0.15, 0.2) is 11.6 Å². The zero-order chi connectivity index (χ0) is 19.2. The fourth-order valence-corrected chi connectivity index (χ4v) is 9.85. The van der Waals surface area contributed by atoms with E-state index in [-0.39, 0.29) is 40.2 Å². The number of hydrogen-bond acceptors (Lipinski definition) is 4. The first kappa shape index (κ1) is 16.6. The Bertz CT molecular complexity index is 861. The first-order chi connectivity index (χ1) is 13.3. The molecular formula is C24H30O4. The molecule has 0 radical (unpaired) electrons. The van der Waals surface area contributed by atoms with Gasteiger partial charge in [0.15, 0.2) is 5.78 Å². The minimum absolute atomic E-state index is 0.0243. The lowest BCUT2D eigenvalue weighted by molar-refractivity contribution is -0.197. The Morgan fingerprint density at radius 3 is 2.64 bits per heavy atom. The SMILES string of the molecule is C[C@]12CCC(=O)C=C1[C@@H]1C[C@@H]1[C@@H]1[C@@H]2[C@H](O)C[C@@]2(C)[C@H]1[C@@H]1C[C@@H]1[C@]21CCC(=O)O1. The first-order valence-electron chi connectivity index (χ1n) is 11.4. The lowest BCUT2D eigenvalue weighted by Gasteiger charge is -2.61. The number of aliphatic hydroxyl groups excluding tert-OH is 1. The third kappa shape index (κ3) is 1.60. The molecule has 1 aliphatic heterocycles. The van der Waals surface area contributed by atoms with E-state index in [0.717, 1.165) is 19.3 Å². The number of ketones is 1. The Labute approximate surface area is 166 Å². The quantitative estimate of drug-likeness (QED) is 0.653. The Morgan fingerprint density at radius 2 is 1.89 bits per heavy atom. The van der Waals surface area contributed by atoms with Crippen molar-refractivity contribution in [3.63, 3.8) is 0 Å². The highest BCUT2D eigenvalue weighted by molar-refractivity contribution is 5.92. The van der Waals surface area contributed by atoms with Crippen molar-refractivity contribution in [3.05, 3.63) is 11.6 Å². The molecule has 0 unspecified atom stereocenters. The second-order valence-corrected chi connectivity index (χ2v) is 11.7. The second-order valence-electron chi connectivity index (χ2n) is 11.7. The maximum absolute atomic E-state index is 12.2. The molecule has 4 nitrogen and oxygen atoms in total. The predicted octanol–water partition coefficient (Wildman–Crippen LogP) is 3.28. The van der Waals surface area contributed by atoms with Gasteiger partial charge in [-0.05, 0) is 79.1 Å². The van der Waals surface area contributed by atoms with E-state index in [0.29, 0.717) is 48.3 Å². The molecular weight excluding hydrogens is 352 g/mol. The highest BCUT2D eigenvalue weighted by Gasteiger charge is 2.82. The summed E-state index contributed by atoms with van der Waals surface area (Å²) in [6.07, 6.45) is 7.70. The molecule has 0 aromatic rings. The fourth-order valence-electron chi connectivity index (χ4n) is 9.85. The van der Waals surface area contributed by atoms with Gasteiger partial charge in [0.25, 0.3) is 0 Å². The molecule has 28 heavy (non-hydrogen) atoms. The molecule has 0 amide bonds. The Hall–Kier alpha value is -1.16. The van der Waals surface area contributed by atoms with E-state index in [1.165, 1.54) is 18.4 Å². The van der Waals surface area contributed by atoms with Crippen molar-refractivity contribution in [3.8, 4) is 0 Å². The molecule has 1 spiro atoms. The van der Waals surface area contributed by atoms with Gasteiger partial charge in [0, 0.05) is 24.2 Å². The molecule has 1 heterocycles. The van der Waals surface area contributed by atoms with Crippen LogP contribution in [0.3, 0.4) is 0 Å². The molecule has 6 aliphatic carbocycles. The monoisotopic (exact) mass is 382 g/mol. The van der Waals surface area contributed by atoms with Crippen molar-refractivity contribution in [1.29, 1.82) is 0 Å². The highest BCUT2D eigenvalue weighted by atomic mass is 16.6. The first-order valence-corrected chi connectivity index (χ1v) is 11.4. The van der Waals surface area contributed by atoms with Crippen molar-refractivity contribution in [2.45, 2.75) is 70.5 Å². The predicted molar refractivity (Wildman–Crippen MR) is 101 cm³/mol. The molecule has 1 N–H and O–H groups in total. The average molecular weight is 383 g/mol. The number of allylic oxidation sites excluding steroid dienone is 1. The Kier molecular flexibility index (Phi) is 2.73. The van der Waals surface area contributed by atoms with Gasteiger partial charge in [-0.15, -0.1) is 0 Å². The summed E-state index contributed by atoms with van der Waals surface area (Å²) >= 11 is 0. The number of ether oxygens (including phenoxy) is 1. The largest absolute Gasteiger partial charge is 0.458 e. The van der Waals surface area contributed by atoms with Gasteiger partial charge < -0.3 is 9.84 Å². The van der Waals surface area contributed by atoms with Gasteiger partial charge in [-0.25, -0.2) is 0 Å². The topological polar surface area (TPSA) is 63.6 Å². The van der Waals surface area contributed by atoms with Crippen LogP contribution in [0.2, 0.25) is 0 Å². The van der Waals surface area contributed by atoms with Crippen molar-refractivity contribution >= 4 is 11.8 Å². The molecule has 0 aromatic carbocycles. The van der Waals surface area contributed by atoms with Gasteiger partial charge >= 0.3 is 5.97 Å². The molecule has 0 bridgehead atoms. The molecule has 6 fully saturated rings. The maximum Gasteiger partial charge on any atom is 0.306 e. The number of esters is 1. The molecule has 7 rings (SSSR count). The van der Waals surface area contributed by atoms with Crippen LogP contribution in [0, 0.1) is 52.3 Å². The lowest BCUT2D eigenvalue weighted by Crippen LogP contribution is -2.62. The van der Waals surface area contributed by atoms with Crippen LogP contribution in [0.1, 0.15) is 58.8 Å². The molecule has 150 valence electrons. The van der Waals surface area contributed by atoms with Gasteiger partial charge in [-0.1, -0.05) is 19.4 Å². The zero-order valence-electron chi connectivity index (χ0n) is 16.8. The standard InChI is InChI=1S/C24H30O4/c1-22-5-3-11(25)7-15(22)12-8-13(12)19-20-14-9-16(14)24(6-4-18(27)28-24)23(20,2)10-17(26)21(19)22/h7,12-14,16-17,19-21,26H,3-6,8-10H2,1-2H3/t12-,13+,14-,16+,17-,19+,20+,21+,22+,23+,24-/m1/s1. The summed E-state index contributed by atoms with van der Waals surface area (Å²) in [6, 6.07) is 0. The minimum Gasteiger partial charge on any atom is -0.458 e. The van der Waals surface area contributed by atoms with E-state index in [1.807, 2.05) is 6.08 Å². The summed E-state index contributed by atoms with van der Waals surface area (Å²) in [4.78, 5) is 24.3. The van der Waals surface area contributed by atoms with Gasteiger partial charge in [-0.3, -0.25) is 9.59 Å². The van der Waals surface area contributed by atoms with Crippen LogP contribution >= 0.6 is 0 Å². The summed E-state index contributed by atoms with van der Waals surface area (Å²) in [5.74, 6) is 4.01. The Balaban J connectivity index is 1.36. The molecule has 7 aliphatic rings. The lowest BCUT2D eigenvalue weighted by atomic mass is 9.44. The third-order valence-electron chi connectivity index (χ3n) is 10.8. The molecule has 1 saturated heterocycles. The highest BCUT2D eigenvalue weighted by Crippen LogP contribution is 2.82. The van der Waals surface area contributed by atoms with Crippen LogP contribution in [-0.4, -0.2) is 28.6 Å². The average Bonchev–Trinajstić information content (AvgIpc) is 3.53. The van der Waals surface area contributed by atoms with E-state index in [2.05, 4.69) is 13.8 Å². The van der Waals surface area contributed by atoms with Crippen LogP contribution < -0.4 is 0 Å².